The zero-order chi connectivity index (χ0) is 9.64. The van der Waals surface area contributed by atoms with Crippen molar-refractivity contribution in [1.82, 2.24) is 0 Å². The molecule has 0 atom stereocenters. The van der Waals surface area contributed by atoms with Crippen molar-refractivity contribution in [2.24, 2.45) is 5.92 Å². The summed E-state index contributed by atoms with van der Waals surface area (Å²) in [5, 5.41) is 0. The largest absolute Gasteiger partial charge is 0.0622 e. The Morgan fingerprint density at radius 2 is 1.71 bits per heavy atom. The summed E-state index contributed by atoms with van der Waals surface area (Å²) in [6, 6.07) is 10.9. The molecule has 1 fully saturated rings. The average molecular weight is 187 g/mol. The Hall–Kier alpha value is -0.780. The summed E-state index contributed by atoms with van der Waals surface area (Å²) in [6.07, 6.45) is 10.6. The molecule has 1 aromatic rings. The predicted molar refractivity (Wildman–Crippen MR) is 61.0 cm³/mol. The minimum Gasteiger partial charge on any atom is -0.0622 e. The van der Waals surface area contributed by atoms with Crippen LogP contribution in [0.1, 0.15) is 37.7 Å². The van der Waals surface area contributed by atoms with Crippen molar-refractivity contribution in [3.63, 3.8) is 0 Å². The molecule has 1 aromatic carbocycles. The van der Waals surface area contributed by atoms with E-state index in [1.165, 1.54) is 44.1 Å². The van der Waals surface area contributed by atoms with E-state index in [0.29, 0.717) is 0 Å². The first-order chi connectivity index (χ1) is 6.95. The van der Waals surface area contributed by atoms with E-state index in [0.717, 1.165) is 5.92 Å². The van der Waals surface area contributed by atoms with Gasteiger partial charge in [0, 0.05) is 0 Å². The van der Waals surface area contributed by atoms with Gasteiger partial charge in [-0.25, -0.2) is 0 Å². The second-order valence-electron chi connectivity index (χ2n) is 4.33. The molecule has 0 heteroatoms. The van der Waals surface area contributed by atoms with Crippen molar-refractivity contribution in [2.75, 3.05) is 0 Å². The summed E-state index contributed by atoms with van der Waals surface area (Å²) in [4.78, 5) is 0. The number of rotatable bonds is 3. The van der Waals surface area contributed by atoms with Crippen molar-refractivity contribution < 1.29 is 0 Å². The molecule has 1 aliphatic rings. The Bertz CT molecular complexity index is 244. The molecule has 1 saturated carbocycles. The zero-order valence-electron chi connectivity index (χ0n) is 8.78. The van der Waals surface area contributed by atoms with Crippen LogP contribution < -0.4 is 0 Å². The molecule has 0 unspecified atom stereocenters. The summed E-state index contributed by atoms with van der Waals surface area (Å²) < 4.78 is 0. The smallest absolute Gasteiger partial charge is 0.0276 e. The molecule has 0 bridgehead atoms. The van der Waals surface area contributed by atoms with Gasteiger partial charge in [0.1, 0.15) is 0 Å². The highest BCUT2D eigenvalue weighted by atomic mass is 14.2. The van der Waals surface area contributed by atoms with Gasteiger partial charge in [0.05, 0.1) is 0 Å². The van der Waals surface area contributed by atoms with Gasteiger partial charge in [-0.15, -0.1) is 0 Å². The van der Waals surface area contributed by atoms with Crippen LogP contribution in [0, 0.1) is 12.3 Å². The second-order valence-corrected chi connectivity index (χ2v) is 4.33. The zero-order valence-corrected chi connectivity index (χ0v) is 8.78. The molecule has 1 radical (unpaired) electrons. The van der Waals surface area contributed by atoms with Gasteiger partial charge in [0.15, 0.2) is 0 Å². The van der Waals surface area contributed by atoms with E-state index >= 15 is 0 Å². The molecule has 0 N–H and O–H groups in total. The molecule has 0 aromatic heterocycles. The molecular formula is C14H19. The quantitative estimate of drug-likeness (QED) is 0.670. The van der Waals surface area contributed by atoms with E-state index in [-0.39, 0.29) is 0 Å². The minimum atomic E-state index is 0.986. The second kappa shape index (κ2) is 5.19. The van der Waals surface area contributed by atoms with Crippen LogP contribution >= 0.6 is 0 Å². The molecule has 0 saturated heterocycles. The van der Waals surface area contributed by atoms with E-state index in [2.05, 4.69) is 36.8 Å². The summed E-state index contributed by atoms with van der Waals surface area (Å²) >= 11 is 0. The highest BCUT2D eigenvalue weighted by molar-refractivity contribution is 5.14. The summed E-state index contributed by atoms with van der Waals surface area (Å²) in [5.74, 6) is 0.986. The molecular weight excluding hydrogens is 168 g/mol. The third-order valence-electron chi connectivity index (χ3n) is 3.24. The maximum atomic E-state index is 2.44. The molecule has 0 spiro atoms. The number of hydrogen-bond acceptors (Lipinski definition) is 0. The fourth-order valence-corrected chi connectivity index (χ4v) is 2.30. The van der Waals surface area contributed by atoms with Crippen LogP contribution in [-0.4, -0.2) is 0 Å². The Labute approximate surface area is 87.3 Å². The maximum Gasteiger partial charge on any atom is -0.0276 e. The molecule has 2 rings (SSSR count). The Morgan fingerprint density at radius 1 is 1.00 bits per heavy atom. The van der Waals surface area contributed by atoms with Gasteiger partial charge >= 0.3 is 0 Å². The lowest BCUT2D eigenvalue weighted by molar-refractivity contribution is 0.381. The SMILES string of the molecule is [CH]1CCC(CCc2ccccc2)CC1. The lowest BCUT2D eigenvalue weighted by Gasteiger charge is -2.21. The first-order valence-electron chi connectivity index (χ1n) is 5.81. The monoisotopic (exact) mass is 187 g/mol. The Kier molecular flexibility index (Phi) is 3.62. The van der Waals surface area contributed by atoms with Gasteiger partial charge in [0.2, 0.25) is 0 Å². The van der Waals surface area contributed by atoms with Gasteiger partial charge in [-0.1, -0.05) is 43.2 Å². The van der Waals surface area contributed by atoms with Crippen molar-refractivity contribution >= 4 is 0 Å². The standard InChI is InChI=1S/C14H19/c1-3-7-13(8-4-1)11-12-14-9-5-2-6-10-14/h1-4,7-8,14H,5-6,9-12H2. The number of benzene rings is 1. The highest BCUT2D eigenvalue weighted by Gasteiger charge is 2.12. The lowest BCUT2D eigenvalue weighted by Crippen LogP contribution is -2.07. The van der Waals surface area contributed by atoms with Gasteiger partial charge in [-0.05, 0) is 43.6 Å². The van der Waals surface area contributed by atoms with Gasteiger partial charge in [-0.3, -0.25) is 0 Å². The average Bonchev–Trinajstić information content (AvgIpc) is 2.29. The number of hydrogen-bond donors (Lipinski definition) is 0. The summed E-state index contributed by atoms with van der Waals surface area (Å²) in [7, 11) is 0. The van der Waals surface area contributed by atoms with Gasteiger partial charge in [-0.2, -0.15) is 0 Å². The molecule has 0 nitrogen and oxygen atoms in total. The molecule has 0 aliphatic heterocycles. The van der Waals surface area contributed by atoms with Crippen LogP contribution in [0.5, 0.6) is 0 Å². The van der Waals surface area contributed by atoms with Crippen molar-refractivity contribution in [3.8, 4) is 0 Å². The lowest BCUT2D eigenvalue weighted by atomic mass is 9.85. The highest BCUT2D eigenvalue weighted by Crippen LogP contribution is 2.26. The van der Waals surface area contributed by atoms with Crippen LogP contribution in [0.2, 0.25) is 0 Å². The van der Waals surface area contributed by atoms with E-state index in [9.17, 15) is 0 Å². The van der Waals surface area contributed by atoms with E-state index in [4.69, 9.17) is 0 Å². The van der Waals surface area contributed by atoms with Crippen molar-refractivity contribution in [2.45, 2.75) is 38.5 Å². The first-order valence-corrected chi connectivity index (χ1v) is 5.81. The summed E-state index contributed by atoms with van der Waals surface area (Å²) in [6.45, 7) is 0. The summed E-state index contributed by atoms with van der Waals surface area (Å²) in [5.41, 5.74) is 1.50. The first kappa shape index (κ1) is 9.76. The maximum absolute atomic E-state index is 2.44. The molecule has 1 aliphatic carbocycles. The van der Waals surface area contributed by atoms with Gasteiger partial charge < -0.3 is 0 Å². The van der Waals surface area contributed by atoms with Crippen LogP contribution in [0.4, 0.5) is 0 Å². The molecule has 0 amide bonds. The van der Waals surface area contributed by atoms with Crippen molar-refractivity contribution in [3.05, 3.63) is 42.3 Å². The third-order valence-corrected chi connectivity index (χ3v) is 3.24. The fourth-order valence-electron chi connectivity index (χ4n) is 2.30. The van der Waals surface area contributed by atoms with E-state index in [1.54, 1.807) is 0 Å². The fraction of sp³-hybridized carbons (Fsp3) is 0.500. The predicted octanol–water partition coefficient (Wildman–Crippen LogP) is 4.01. The topological polar surface area (TPSA) is 0 Å². The Balaban J connectivity index is 1.76. The van der Waals surface area contributed by atoms with Gasteiger partial charge in [0.25, 0.3) is 0 Å². The Morgan fingerprint density at radius 3 is 2.43 bits per heavy atom. The third kappa shape index (κ3) is 2.87. The molecule has 0 heterocycles. The molecule has 75 valence electrons. The van der Waals surface area contributed by atoms with Crippen LogP contribution in [0.3, 0.4) is 0 Å². The van der Waals surface area contributed by atoms with E-state index in [1.807, 2.05) is 0 Å². The normalized spacial score (nSPS) is 18.3. The molecule has 14 heavy (non-hydrogen) atoms. The van der Waals surface area contributed by atoms with Crippen LogP contribution in [-0.2, 0) is 6.42 Å². The van der Waals surface area contributed by atoms with Crippen molar-refractivity contribution in [1.29, 1.82) is 0 Å². The van der Waals surface area contributed by atoms with E-state index < -0.39 is 0 Å². The van der Waals surface area contributed by atoms with Crippen LogP contribution in [0.15, 0.2) is 30.3 Å². The van der Waals surface area contributed by atoms with Crippen LogP contribution in [0.25, 0.3) is 0 Å². The number of aryl methyl sites for hydroxylation is 1. The minimum absolute atomic E-state index is 0.986.